The van der Waals surface area contributed by atoms with E-state index in [1.54, 1.807) is 0 Å². The smallest absolute Gasteiger partial charge is 0.0282 e. The van der Waals surface area contributed by atoms with Gasteiger partial charge < -0.3 is 0 Å². The van der Waals surface area contributed by atoms with Crippen molar-refractivity contribution < 1.29 is 0 Å². The molecule has 0 heteroatoms. The Morgan fingerprint density at radius 1 is 1.50 bits per heavy atom. The summed E-state index contributed by atoms with van der Waals surface area (Å²) in [7, 11) is 0. The summed E-state index contributed by atoms with van der Waals surface area (Å²) in [5.41, 5.74) is 2.64. The van der Waals surface area contributed by atoms with E-state index in [1.807, 2.05) is 0 Å². The molecule has 0 aliphatic rings. The first-order valence-corrected chi connectivity index (χ1v) is 4.03. The molecule has 0 atom stereocenters. The zero-order valence-corrected chi connectivity index (χ0v) is 7.41. The molecule has 0 rings (SSSR count). The highest BCUT2D eigenvalue weighted by Crippen LogP contribution is 2.13. The highest BCUT2D eigenvalue weighted by Gasteiger charge is 1.93. The molecule has 0 aromatic heterocycles. The van der Waals surface area contributed by atoms with Gasteiger partial charge in [0.15, 0.2) is 0 Å². The quantitative estimate of drug-likeness (QED) is 0.520. The molecule has 0 unspecified atom stereocenters. The van der Waals surface area contributed by atoms with Crippen molar-refractivity contribution >= 4 is 0 Å². The molecule has 0 bridgehead atoms. The summed E-state index contributed by atoms with van der Waals surface area (Å²) in [5.74, 6) is 0. The first kappa shape index (κ1) is 9.48. The summed E-state index contributed by atoms with van der Waals surface area (Å²) in [6, 6.07) is 0. The van der Waals surface area contributed by atoms with Crippen LogP contribution in [0.1, 0.15) is 40.0 Å². The van der Waals surface area contributed by atoms with Crippen LogP contribution in [0.2, 0.25) is 0 Å². The Hall–Kier alpha value is -0.520. The zero-order valence-electron chi connectivity index (χ0n) is 7.41. The van der Waals surface area contributed by atoms with Crippen LogP contribution in [-0.4, -0.2) is 0 Å². The molecule has 10 heavy (non-hydrogen) atoms. The summed E-state index contributed by atoms with van der Waals surface area (Å²) in [6.45, 7) is 10.4. The second kappa shape index (κ2) is 5.28. The topological polar surface area (TPSA) is 0 Å². The van der Waals surface area contributed by atoms with Crippen molar-refractivity contribution in [1.29, 1.82) is 0 Å². The molecule has 0 saturated carbocycles. The summed E-state index contributed by atoms with van der Waals surface area (Å²) >= 11 is 0. The third kappa shape index (κ3) is 3.49. The van der Waals surface area contributed by atoms with Crippen molar-refractivity contribution in [3.8, 4) is 0 Å². The van der Waals surface area contributed by atoms with Gasteiger partial charge in [0.1, 0.15) is 0 Å². The zero-order chi connectivity index (χ0) is 7.98. The van der Waals surface area contributed by atoms with Gasteiger partial charge in [-0.2, -0.15) is 0 Å². The third-order valence-corrected chi connectivity index (χ3v) is 1.82. The lowest BCUT2D eigenvalue weighted by molar-refractivity contribution is 0.793. The molecular weight excluding hydrogens is 120 g/mol. The molecule has 0 amide bonds. The number of allylic oxidation sites excluding steroid dienone is 3. The Morgan fingerprint density at radius 2 is 2.10 bits per heavy atom. The predicted molar refractivity (Wildman–Crippen MR) is 48.1 cm³/mol. The maximum absolute atomic E-state index is 3.99. The Labute approximate surface area is 64.6 Å². The average molecular weight is 138 g/mol. The first-order valence-electron chi connectivity index (χ1n) is 4.03. The average Bonchev–Trinajstić information content (AvgIpc) is 1.98. The van der Waals surface area contributed by atoms with E-state index in [-0.39, 0.29) is 0 Å². The highest BCUT2D eigenvalue weighted by molar-refractivity contribution is 5.24. The Morgan fingerprint density at radius 3 is 2.50 bits per heavy atom. The minimum atomic E-state index is 1.16. The SMILES string of the molecule is C=C(CCCC)/C(C)=C/C. The van der Waals surface area contributed by atoms with Crippen LogP contribution in [0, 0.1) is 0 Å². The van der Waals surface area contributed by atoms with E-state index in [9.17, 15) is 0 Å². The van der Waals surface area contributed by atoms with Gasteiger partial charge in [0, 0.05) is 0 Å². The van der Waals surface area contributed by atoms with Crippen LogP contribution in [0.25, 0.3) is 0 Å². The molecule has 0 aliphatic carbocycles. The van der Waals surface area contributed by atoms with E-state index in [4.69, 9.17) is 0 Å². The standard InChI is InChI=1S/C10H18/c1-5-7-8-10(4)9(3)6-2/h6H,4-5,7-8H2,1-3H3/b9-6+. The molecule has 58 valence electrons. The fourth-order valence-corrected chi connectivity index (χ4v) is 0.791. The lowest BCUT2D eigenvalue weighted by atomic mass is 10.0. The molecule has 0 heterocycles. The number of rotatable bonds is 4. The number of hydrogen-bond acceptors (Lipinski definition) is 0. The summed E-state index contributed by atoms with van der Waals surface area (Å²) in [6.07, 6.45) is 5.81. The molecule has 0 aromatic rings. The van der Waals surface area contributed by atoms with E-state index >= 15 is 0 Å². The van der Waals surface area contributed by atoms with Gasteiger partial charge in [-0.15, -0.1) is 0 Å². The second-order valence-electron chi connectivity index (χ2n) is 2.68. The lowest BCUT2D eigenvalue weighted by Gasteiger charge is -2.02. The van der Waals surface area contributed by atoms with Gasteiger partial charge in [-0.05, 0) is 26.7 Å². The van der Waals surface area contributed by atoms with Gasteiger partial charge in [0.2, 0.25) is 0 Å². The first-order chi connectivity index (χ1) is 4.72. The normalized spacial score (nSPS) is 11.7. The Kier molecular flexibility index (Phi) is 5.00. The Bertz CT molecular complexity index is 129. The molecule has 0 spiro atoms. The van der Waals surface area contributed by atoms with Gasteiger partial charge in [-0.25, -0.2) is 0 Å². The van der Waals surface area contributed by atoms with E-state index < -0.39 is 0 Å². The maximum atomic E-state index is 3.99. The van der Waals surface area contributed by atoms with Gasteiger partial charge in [0.25, 0.3) is 0 Å². The second-order valence-corrected chi connectivity index (χ2v) is 2.68. The van der Waals surface area contributed by atoms with Crippen molar-refractivity contribution in [3.63, 3.8) is 0 Å². The molecule has 0 saturated heterocycles. The minimum absolute atomic E-state index is 1.16. The van der Waals surface area contributed by atoms with E-state index in [0.717, 1.165) is 6.42 Å². The van der Waals surface area contributed by atoms with Crippen molar-refractivity contribution in [2.24, 2.45) is 0 Å². The lowest BCUT2D eigenvalue weighted by Crippen LogP contribution is -1.82. The van der Waals surface area contributed by atoms with Crippen LogP contribution in [0.15, 0.2) is 23.8 Å². The van der Waals surface area contributed by atoms with E-state index in [0.29, 0.717) is 0 Å². The molecule has 0 N–H and O–H groups in total. The number of hydrogen-bond donors (Lipinski definition) is 0. The monoisotopic (exact) mass is 138 g/mol. The van der Waals surface area contributed by atoms with Crippen molar-refractivity contribution in [2.45, 2.75) is 40.0 Å². The van der Waals surface area contributed by atoms with Crippen LogP contribution in [0.5, 0.6) is 0 Å². The molecule has 0 aromatic carbocycles. The van der Waals surface area contributed by atoms with Gasteiger partial charge in [-0.1, -0.05) is 37.1 Å². The highest BCUT2D eigenvalue weighted by atomic mass is 14.0. The fourth-order valence-electron chi connectivity index (χ4n) is 0.791. The summed E-state index contributed by atoms with van der Waals surface area (Å²) in [4.78, 5) is 0. The fraction of sp³-hybridized carbons (Fsp3) is 0.600. The van der Waals surface area contributed by atoms with Crippen molar-refractivity contribution in [1.82, 2.24) is 0 Å². The molecular formula is C10H18. The maximum Gasteiger partial charge on any atom is -0.0282 e. The molecule has 0 radical (unpaired) electrons. The van der Waals surface area contributed by atoms with Gasteiger partial charge >= 0.3 is 0 Å². The molecule has 0 aliphatic heterocycles. The molecule has 0 nitrogen and oxygen atoms in total. The van der Waals surface area contributed by atoms with Crippen LogP contribution in [-0.2, 0) is 0 Å². The van der Waals surface area contributed by atoms with Crippen LogP contribution >= 0.6 is 0 Å². The van der Waals surface area contributed by atoms with E-state index in [1.165, 1.54) is 24.0 Å². The van der Waals surface area contributed by atoms with E-state index in [2.05, 4.69) is 33.4 Å². The third-order valence-electron chi connectivity index (χ3n) is 1.82. The summed E-state index contributed by atoms with van der Waals surface area (Å²) in [5, 5.41) is 0. The Balaban J connectivity index is 3.63. The van der Waals surface area contributed by atoms with Crippen molar-refractivity contribution in [3.05, 3.63) is 23.8 Å². The predicted octanol–water partition coefficient (Wildman–Crippen LogP) is 3.70. The van der Waals surface area contributed by atoms with Gasteiger partial charge in [0.05, 0.1) is 0 Å². The minimum Gasteiger partial charge on any atom is -0.0956 e. The van der Waals surface area contributed by atoms with Crippen molar-refractivity contribution in [2.75, 3.05) is 0 Å². The van der Waals surface area contributed by atoms with Crippen LogP contribution < -0.4 is 0 Å². The van der Waals surface area contributed by atoms with Crippen LogP contribution in [0.3, 0.4) is 0 Å². The summed E-state index contributed by atoms with van der Waals surface area (Å²) < 4.78 is 0. The number of unbranched alkanes of at least 4 members (excludes halogenated alkanes) is 1. The van der Waals surface area contributed by atoms with Gasteiger partial charge in [-0.3, -0.25) is 0 Å². The largest absolute Gasteiger partial charge is 0.0956 e. The molecule has 0 fully saturated rings. The van der Waals surface area contributed by atoms with Crippen LogP contribution in [0.4, 0.5) is 0 Å².